The van der Waals surface area contributed by atoms with E-state index >= 15 is 0 Å². The molecule has 3 rings (SSSR count). The van der Waals surface area contributed by atoms with Crippen LogP contribution in [0.4, 0.5) is 5.13 Å². The maximum absolute atomic E-state index is 12.5. The van der Waals surface area contributed by atoms with Gasteiger partial charge in [0.1, 0.15) is 12.2 Å². The molecule has 1 aliphatic rings. The summed E-state index contributed by atoms with van der Waals surface area (Å²) < 4.78 is 1.55. The molecule has 0 aliphatic carbocycles. The van der Waals surface area contributed by atoms with Gasteiger partial charge in [-0.05, 0) is 13.0 Å². The van der Waals surface area contributed by atoms with E-state index < -0.39 is 0 Å². The van der Waals surface area contributed by atoms with Gasteiger partial charge in [0.15, 0.2) is 5.13 Å². The summed E-state index contributed by atoms with van der Waals surface area (Å²) in [6.07, 6.45) is 1.67. The van der Waals surface area contributed by atoms with Gasteiger partial charge in [0.2, 0.25) is 5.91 Å². The van der Waals surface area contributed by atoms with Gasteiger partial charge in [-0.25, -0.2) is 4.98 Å². The number of aromatic nitrogens is 3. The zero-order valence-corrected chi connectivity index (χ0v) is 12.6. The van der Waals surface area contributed by atoms with Gasteiger partial charge >= 0.3 is 0 Å². The number of carbonyl (C=O) groups is 2. The largest absolute Gasteiger partial charge is 0.326 e. The fraction of sp³-hybridized carbons (Fsp3) is 0.385. The molecule has 21 heavy (non-hydrogen) atoms. The highest BCUT2D eigenvalue weighted by atomic mass is 32.1. The summed E-state index contributed by atoms with van der Waals surface area (Å²) in [6.45, 7) is 2.87. The van der Waals surface area contributed by atoms with Gasteiger partial charge in [-0.2, -0.15) is 5.10 Å². The van der Waals surface area contributed by atoms with E-state index in [9.17, 15) is 9.59 Å². The van der Waals surface area contributed by atoms with Crippen molar-refractivity contribution in [1.29, 1.82) is 0 Å². The monoisotopic (exact) mass is 305 g/mol. The van der Waals surface area contributed by atoms with Crippen LogP contribution in [-0.4, -0.2) is 51.1 Å². The van der Waals surface area contributed by atoms with Crippen LogP contribution in [0.5, 0.6) is 0 Å². The van der Waals surface area contributed by atoms with Crippen LogP contribution >= 0.6 is 11.3 Å². The number of anilines is 1. The lowest BCUT2D eigenvalue weighted by Crippen LogP contribution is -2.52. The highest BCUT2D eigenvalue weighted by molar-refractivity contribution is 7.13. The molecule has 110 valence electrons. The molecule has 2 aromatic heterocycles. The molecule has 7 nitrogen and oxygen atoms in total. The molecule has 0 radical (unpaired) electrons. The number of rotatable bonds is 2. The molecule has 1 aliphatic heterocycles. The van der Waals surface area contributed by atoms with Crippen molar-refractivity contribution >= 4 is 28.3 Å². The van der Waals surface area contributed by atoms with E-state index in [2.05, 4.69) is 10.1 Å². The van der Waals surface area contributed by atoms with Crippen LogP contribution in [0.15, 0.2) is 17.6 Å². The Hall–Kier alpha value is -2.22. The smallest absolute Gasteiger partial charge is 0.272 e. The minimum absolute atomic E-state index is 0.0721. The number of carbonyl (C=O) groups excluding carboxylic acids is 2. The minimum Gasteiger partial charge on any atom is -0.326 e. The molecule has 2 aromatic rings. The molecule has 0 atom stereocenters. The summed E-state index contributed by atoms with van der Waals surface area (Å²) in [6, 6.07) is 1.74. The van der Waals surface area contributed by atoms with Gasteiger partial charge in [0, 0.05) is 31.7 Å². The van der Waals surface area contributed by atoms with E-state index in [-0.39, 0.29) is 18.4 Å². The molecule has 0 unspecified atom stereocenters. The first-order valence-corrected chi connectivity index (χ1v) is 7.44. The molecule has 0 saturated carbocycles. The molecule has 2 amide bonds. The lowest BCUT2D eigenvalue weighted by atomic mass is 10.2. The van der Waals surface area contributed by atoms with Gasteiger partial charge in [-0.3, -0.25) is 19.2 Å². The van der Waals surface area contributed by atoms with Crippen molar-refractivity contribution in [1.82, 2.24) is 19.7 Å². The maximum Gasteiger partial charge on any atom is 0.272 e. The van der Waals surface area contributed by atoms with E-state index in [4.69, 9.17) is 0 Å². The molecule has 0 spiro atoms. The number of aryl methyl sites for hydroxylation is 2. The molecule has 0 N–H and O–H groups in total. The molecule has 1 saturated heterocycles. The molecule has 3 heterocycles. The normalized spacial score (nSPS) is 15.6. The van der Waals surface area contributed by atoms with Crippen LogP contribution in [0.25, 0.3) is 0 Å². The Balaban J connectivity index is 1.74. The molecule has 1 fully saturated rings. The zero-order valence-electron chi connectivity index (χ0n) is 11.8. The second-order valence-electron chi connectivity index (χ2n) is 4.88. The molecular weight excluding hydrogens is 290 g/mol. The summed E-state index contributed by atoms with van der Waals surface area (Å²) in [4.78, 5) is 32.0. The number of amides is 2. The molecular formula is C13H15N5O2S. The average molecular weight is 305 g/mol. The van der Waals surface area contributed by atoms with E-state index in [0.29, 0.717) is 23.9 Å². The SMILES string of the molecule is Cc1cc(C(=O)N2CCN(c3nccs3)C(=O)C2)n(C)n1. The Kier molecular flexibility index (Phi) is 3.46. The Morgan fingerprint density at radius 2 is 2.19 bits per heavy atom. The second kappa shape index (κ2) is 5.28. The van der Waals surface area contributed by atoms with Gasteiger partial charge in [-0.15, -0.1) is 11.3 Å². The lowest BCUT2D eigenvalue weighted by Gasteiger charge is -2.32. The van der Waals surface area contributed by atoms with Crippen LogP contribution in [0.2, 0.25) is 0 Å². The number of piperazine rings is 1. The van der Waals surface area contributed by atoms with Crippen LogP contribution in [0.3, 0.4) is 0 Å². The van der Waals surface area contributed by atoms with Crippen LogP contribution in [-0.2, 0) is 11.8 Å². The first-order chi connectivity index (χ1) is 10.1. The van der Waals surface area contributed by atoms with Gasteiger partial charge in [0.05, 0.1) is 5.69 Å². The van der Waals surface area contributed by atoms with Gasteiger partial charge in [0.25, 0.3) is 5.91 Å². The van der Waals surface area contributed by atoms with Crippen molar-refractivity contribution < 1.29 is 9.59 Å². The third kappa shape index (κ3) is 2.54. The standard InChI is InChI=1S/C13H15N5O2S/c1-9-7-10(16(2)15-9)12(20)17-4-5-18(11(19)8-17)13-14-3-6-21-13/h3,6-7H,4-5,8H2,1-2H3. The summed E-state index contributed by atoms with van der Waals surface area (Å²) in [5.74, 6) is -0.270. The van der Waals surface area contributed by atoms with E-state index in [1.54, 1.807) is 33.8 Å². The van der Waals surface area contributed by atoms with Crippen molar-refractivity contribution in [2.24, 2.45) is 7.05 Å². The maximum atomic E-state index is 12.5. The van der Waals surface area contributed by atoms with Gasteiger partial charge in [-0.1, -0.05) is 0 Å². The molecule has 0 aromatic carbocycles. The average Bonchev–Trinajstić information content (AvgIpc) is 3.07. The highest BCUT2D eigenvalue weighted by Crippen LogP contribution is 2.20. The Bertz CT molecular complexity index is 679. The summed E-state index contributed by atoms with van der Waals surface area (Å²) >= 11 is 1.42. The Morgan fingerprint density at radius 3 is 2.76 bits per heavy atom. The molecule has 8 heteroatoms. The third-order valence-corrected chi connectivity index (χ3v) is 4.17. The summed E-state index contributed by atoms with van der Waals surface area (Å²) in [5, 5.41) is 6.68. The highest BCUT2D eigenvalue weighted by Gasteiger charge is 2.30. The van der Waals surface area contributed by atoms with Crippen LogP contribution in [0.1, 0.15) is 16.2 Å². The van der Waals surface area contributed by atoms with Crippen molar-refractivity contribution in [3.05, 3.63) is 29.0 Å². The number of hydrogen-bond donors (Lipinski definition) is 0. The van der Waals surface area contributed by atoms with Gasteiger partial charge < -0.3 is 4.90 Å². The predicted molar refractivity (Wildman–Crippen MR) is 78.3 cm³/mol. The topological polar surface area (TPSA) is 71.3 Å². The second-order valence-corrected chi connectivity index (χ2v) is 5.75. The zero-order chi connectivity index (χ0) is 15.0. The Labute approximate surface area is 125 Å². The molecule has 0 bridgehead atoms. The van der Waals surface area contributed by atoms with E-state index in [1.165, 1.54) is 11.3 Å². The predicted octanol–water partition coefficient (Wildman–Crippen LogP) is 0.674. The van der Waals surface area contributed by atoms with Crippen molar-refractivity contribution in [2.45, 2.75) is 6.92 Å². The fourth-order valence-electron chi connectivity index (χ4n) is 2.37. The third-order valence-electron chi connectivity index (χ3n) is 3.38. The number of hydrogen-bond acceptors (Lipinski definition) is 5. The quantitative estimate of drug-likeness (QED) is 0.818. The lowest BCUT2D eigenvalue weighted by molar-refractivity contribution is -0.120. The van der Waals surface area contributed by atoms with Crippen LogP contribution < -0.4 is 4.90 Å². The Morgan fingerprint density at radius 1 is 1.38 bits per heavy atom. The van der Waals surface area contributed by atoms with E-state index in [0.717, 1.165) is 5.69 Å². The first-order valence-electron chi connectivity index (χ1n) is 6.56. The number of thiazole rings is 1. The van der Waals surface area contributed by atoms with Crippen LogP contribution in [0, 0.1) is 6.92 Å². The van der Waals surface area contributed by atoms with Crippen molar-refractivity contribution in [2.75, 3.05) is 24.5 Å². The summed E-state index contributed by atoms with van der Waals surface area (Å²) in [5.41, 5.74) is 1.29. The van der Waals surface area contributed by atoms with Crippen molar-refractivity contribution in [3.8, 4) is 0 Å². The fourth-order valence-corrected chi connectivity index (χ4v) is 3.06. The van der Waals surface area contributed by atoms with Crippen molar-refractivity contribution in [3.63, 3.8) is 0 Å². The summed E-state index contributed by atoms with van der Waals surface area (Å²) in [7, 11) is 1.73. The first kappa shape index (κ1) is 13.7. The number of nitrogens with zero attached hydrogens (tertiary/aromatic N) is 5. The minimum atomic E-state index is -0.162. The van der Waals surface area contributed by atoms with E-state index in [1.807, 2.05) is 12.3 Å².